The first-order valence-electron chi connectivity index (χ1n) is 6.91. The highest BCUT2D eigenvalue weighted by atomic mass is 79.9. The van der Waals surface area contributed by atoms with E-state index >= 15 is 0 Å². The zero-order chi connectivity index (χ0) is 17.3. The lowest BCUT2D eigenvalue weighted by atomic mass is 10.1. The van der Waals surface area contributed by atoms with E-state index in [1.54, 1.807) is 30.3 Å². The molecule has 1 aromatic carbocycles. The summed E-state index contributed by atoms with van der Waals surface area (Å²) in [5.74, 6) is -0.308. The van der Waals surface area contributed by atoms with Gasteiger partial charge in [-0.2, -0.15) is 13.2 Å². The van der Waals surface area contributed by atoms with Crippen LogP contribution < -0.4 is 5.32 Å². The van der Waals surface area contributed by atoms with Crippen LogP contribution >= 0.6 is 15.9 Å². The Bertz CT molecular complexity index is 888. The number of fused-ring (bicyclic) bond motifs is 1. The number of alkyl halides is 3. The summed E-state index contributed by atoms with van der Waals surface area (Å²) in [4.78, 5) is 18.3. The predicted octanol–water partition coefficient (Wildman–Crippen LogP) is 4.27. The van der Waals surface area contributed by atoms with Gasteiger partial charge in [0.15, 0.2) is 0 Å². The maximum absolute atomic E-state index is 12.7. The van der Waals surface area contributed by atoms with Crippen molar-refractivity contribution in [2.75, 3.05) is 0 Å². The number of pyridine rings is 1. The number of aromatic nitrogens is 2. The molecule has 0 aliphatic rings. The summed E-state index contributed by atoms with van der Waals surface area (Å²) in [5, 5.41) is 3.17. The molecule has 0 saturated heterocycles. The number of halogens is 4. The summed E-state index contributed by atoms with van der Waals surface area (Å²) >= 11 is 3.18. The molecule has 2 heterocycles. The quantitative estimate of drug-likeness (QED) is 0.648. The molecular formula is C16H11BrF3N3O. The van der Waals surface area contributed by atoms with Crippen molar-refractivity contribution >= 4 is 32.7 Å². The number of H-pyrrole nitrogens is 1. The Morgan fingerprint density at radius 1 is 1.21 bits per heavy atom. The van der Waals surface area contributed by atoms with E-state index in [1.165, 1.54) is 6.20 Å². The Labute approximate surface area is 143 Å². The Kier molecular flexibility index (Phi) is 4.31. The number of aromatic amines is 1. The fourth-order valence-electron chi connectivity index (χ4n) is 2.23. The van der Waals surface area contributed by atoms with Gasteiger partial charge < -0.3 is 10.3 Å². The molecule has 0 aliphatic heterocycles. The fraction of sp³-hybridized carbons (Fsp3) is 0.125. The van der Waals surface area contributed by atoms with Crippen molar-refractivity contribution < 1.29 is 18.0 Å². The number of hydrogen-bond acceptors (Lipinski definition) is 2. The van der Waals surface area contributed by atoms with Crippen molar-refractivity contribution in [3.05, 3.63) is 64.0 Å². The zero-order valence-corrected chi connectivity index (χ0v) is 13.7. The van der Waals surface area contributed by atoms with E-state index in [0.29, 0.717) is 26.6 Å². The third kappa shape index (κ3) is 3.59. The number of hydrogen-bond donors (Lipinski definition) is 2. The first-order chi connectivity index (χ1) is 11.3. The summed E-state index contributed by atoms with van der Waals surface area (Å²) in [6.45, 7) is 0.200. The molecule has 24 heavy (non-hydrogen) atoms. The minimum absolute atomic E-state index is 0.200. The molecule has 8 heteroatoms. The van der Waals surface area contributed by atoms with Crippen molar-refractivity contribution in [2.45, 2.75) is 12.7 Å². The Hall–Kier alpha value is -2.35. The molecule has 1 amide bonds. The van der Waals surface area contributed by atoms with E-state index in [2.05, 4.69) is 31.2 Å². The molecule has 0 radical (unpaired) electrons. The second-order valence-electron chi connectivity index (χ2n) is 5.15. The molecule has 2 aromatic heterocycles. The normalized spacial score (nSPS) is 11.7. The van der Waals surface area contributed by atoms with Crippen LogP contribution in [0.25, 0.3) is 10.9 Å². The van der Waals surface area contributed by atoms with E-state index in [-0.39, 0.29) is 12.5 Å². The molecule has 2 N–H and O–H groups in total. The number of carbonyl (C=O) groups is 1. The van der Waals surface area contributed by atoms with Gasteiger partial charge in [0.25, 0.3) is 5.91 Å². The van der Waals surface area contributed by atoms with E-state index in [9.17, 15) is 18.0 Å². The molecule has 0 saturated carbocycles. The number of benzene rings is 1. The SMILES string of the molecule is O=C(NCc1ccc2cc(C(F)(F)F)[nH]c2c1)c1ccc(Br)nc1. The van der Waals surface area contributed by atoms with Crippen molar-refractivity contribution in [2.24, 2.45) is 0 Å². The Morgan fingerprint density at radius 3 is 2.67 bits per heavy atom. The third-order valence-corrected chi connectivity index (χ3v) is 3.90. The van der Waals surface area contributed by atoms with Crippen LogP contribution in [0.1, 0.15) is 21.6 Å². The molecule has 0 bridgehead atoms. The maximum Gasteiger partial charge on any atom is 0.431 e. The van der Waals surface area contributed by atoms with E-state index < -0.39 is 11.9 Å². The molecule has 0 unspecified atom stereocenters. The highest BCUT2D eigenvalue weighted by Crippen LogP contribution is 2.31. The van der Waals surface area contributed by atoms with Gasteiger partial charge in [0.05, 0.1) is 5.56 Å². The van der Waals surface area contributed by atoms with Gasteiger partial charge in [0, 0.05) is 23.6 Å². The second-order valence-corrected chi connectivity index (χ2v) is 5.97. The summed E-state index contributed by atoms with van der Waals surface area (Å²) in [6.07, 6.45) is -2.98. The van der Waals surface area contributed by atoms with Gasteiger partial charge in [-0.3, -0.25) is 4.79 Å². The highest BCUT2D eigenvalue weighted by Gasteiger charge is 2.32. The van der Waals surface area contributed by atoms with Crippen LogP contribution in [-0.4, -0.2) is 15.9 Å². The lowest BCUT2D eigenvalue weighted by Gasteiger charge is -2.05. The van der Waals surface area contributed by atoms with Gasteiger partial charge in [0.1, 0.15) is 10.3 Å². The van der Waals surface area contributed by atoms with Crippen LogP contribution in [0.4, 0.5) is 13.2 Å². The van der Waals surface area contributed by atoms with E-state index in [0.717, 1.165) is 6.07 Å². The lowest BCUT2D eigenvalue weighted by Crippen LogP contribution is -2.22. The number of carbonyl (C=O) groups excluding carboxylic acids is 1. The minimum atomic E-state index is -4.41. The summed E-state index contributed by atoms with van der Waals surface area (Å²) in [7, 11) is 0. The first-order valence-corrected chi connectivity index (χ1v) is 7.71. The molecule has 0 aliphatic carbocycles. The van der Waals surface area contributed by atoms with Gasteiger partial charge >= 0.3 is 6.18 Å². The highest BCUT2D eigenvalue weighted by molar-refractivity contribution is 9.10. The van der Waals surface area contributed by atoms with Crippen molar-refractivity contribution in [3.8, 4) is 0 Å². The topological polar surface area (TPSA) is 57.8 Å². The largest absolute Gasteiger partial charge is 0.431 e. The van der Waals surface area contributed by atoms with Crippen LogP contribution in [0, 0.1) is 0 Å². The van der Waals surface area contributed by atoms with Crippen molar-refractivity contribution in [1.29, 1.82) is 0 Å². The molecule has 3 rings (SSSR count). The summed E-state index contributed by atoms with van der Waals surface area (Å²) in [5.41, 5.74) is 0.675. The number of rotatable bonds is 3. The lowest BCUT2D eigenvalue weighted by molar-refractivity contribution is -0.140. The van der Waals surface area contributed by atoms with Crippen LogP contribution in [-0.2, 0) is 12.7 Å². The van der Waals surface area contributed by atoms with Gasteiger partial charge in [-0.15, -0.1) is 0 Å². The molecule has 0 atom stereocenters. The maximum atomic E-state index is 12.7. The van der Waals surface area contributed by atoms with Gasteiger partial charge in [-0.1, -0.05) is 12.1 Å². The molecule has 4 nitrogen and oxygen atoms in total. The van der Waals surface area contributed by atoms with Crippen LogP contribution in [0.15, 0.2) is 47.2 Å². The van der Waals surface area contributed by atoms with E-state index in [1.807, 2.05) is 0 Å². The summed E-state index contributed by atoms with van der Waals surface area (Å²) < 4.78 is 38.7. The van der Waals surface area contributed by atoms with Crippen molar-refractivity contribution in [3.63, 3.8) is 0 Å². The van der Waals surface area contributed by atoms with E-state index in [4.69, 9.17) is 0 Å². The second kappa shape index (κ2) is 6.27. The smallest absolute Gasteiger partial charge is 0.351 e. The number of nitrogens with zero attached hydrogens (tertiary/aromatic N) is 1. The fourth-order valence-corrected chi connectivity index (χ4v) is 2.47. The van der Waals surface area contributed by atoms with Crippen LogP contribution in [0.2, 0.25) is 0 Å². The molecule has 3 aromatic rings. The van der Waals surface area contributed by atoms with Crippen LogP contribution in [0.3, 0.4) is 0 Å². The van der Waals surface area contributed by atoms with Gasteiger partial charge in [-0.05, 0) is 45.8 Å². The predicted molar refractivity (Wildman–Crippen MR) is 86.4 cm³/mol. The molecular weight excluding hydrogens is 387 g/mol. The standard InChI is InChI=1S/C16H11BrF3N3O/c17-14-4-3-11(8-21-14)15(24)22-7-9-1-2-10-6-13(16(18,19)20)23-12(10)5-9/h1-6,8,23H,7H2,(H,22,24). The van der Waals surface area contributed by atoms with Gasteiger partial charge in [-0.25, -0.2) is 4.98 Å². The molecule has 0 fully saturated rings. The first kappa shape index (κ1) is 16.5. The average Bonchev–Trinajstić information content (AvgIpc) is 2.97. The number of nitrogens with one attached hydrogen (secondary N) is 2. The molecule has 0 spiro atoms. The molecule has 124 valence electrons. The third-order valence-electron chi connectivity index (χ3n) is 3.43. The van der Waals surface area contributed by atoms with Crippen molar-refractivity contribution in [1.82, 2.24) is 15.3 Å². The monoisotopic (exact) mass is 397 g/mol. The van der Waals surface area contributed by atoms with Crippen LogP contribution in [0.5, 0.6) is 0 Å². The Balaban J connectivity index is 1.73. The minimum Gasteiger partial charge on any atom is -0.351 e. The zero-order valence-electron chi connectivity index (χ0n) is 12.1. The summed E-state index contributed by atoms with van der Waals surface area (Å²) in [6, 6.07) is 9.19. The average molecular weight is 398 g/mol. The number of amides is 1. The van der Waals surface area contributed by atoms with Gasteiger partial charge in [0.2, 0.25) is 0 Å². The Morgan fingerprint density at radius 2 is 2.00 bits per heavy atom.